The number of fused-ring (bicyclic) bond motifs is 5. The second-order valence-electron chi connectivity index (χ2n) is 7.76. The molecule has 32 heavy (non-hydrogen) atoms. The van der Waals surface area contributed by atoms with Gasteiger partial charge in [0.2, 0.25) is 0 Å². The third kappa shape index (κ3) is 2.27. The number of carbonyl (C=O) groups excluding carboxylic acids is 2. The van der Waals surface area contributed by atoms with E-state index in [1.165, 1.54) is 11.3 Å². The zero-order valence-electron chi connectivity index (χ0n) is 16.5. The Bertz CT molecular complexity index is 1430. The van der Waals surface area contributed by atoms with Crippen LogP contribution >= 0.6 is 11.3 Å². The van der Waals surface area contributed by atoms with E-state index in [0.29, 0.717) is 28.2 Å². The minimum absolute atomic E-state index is 0.166. The van der Waals surface area contributed by atoms with Gasteiger partial charge in [0.1, 0.15) is 5.69 Å². The van der Waals surface area contributed by atoms with E-state index in [2.05, 4.69) is 4.90 Å². The van der Waals surface area contributed by atoms with E-state index < -0.39 is 0 Å². The van der Waals surface area contributed by atoms with E-state index in [0.717, 1.165) is 28.6 Å². The van der Waals surface area contributed by atoms with Gasteiger partial charge in [0, 0.05) is 21.9 Å². The smallest absolute Gasteiger partial charge is 0.198 e. The molecule has 7 rings (SSSR count). The summed E-state index contributed by atoms with van der Waals surface area (Å²) >= 11 is 1.36. The topological polar surface area (TPSA) is 55.8 Å². The fourth-order valence-electron chi connectivity index (χ4n) is 4.47. The van der Waals surface area contributed by atoms with Gasteiger partial charge < -0.3 is 9.47 Å². The summed E-state index contributed by atoms with van der Waals surface area (Å²) in [6.45, 7) is 0. The van der Waals surface area contributed by atoms with E-state index >= 15 is 0 Å². The number of thiophene rings is 1. The van der Waals surface area contributed by atoms with Gasteiger partial charge >= 0.3 is 0 Å². The van der Waals surface area contributed by atoms with Crippen molar-refractivity contribution in [3.63, 3.8) is 0 Å². The Hall–Kier alpha value is -4.16. The van der Waals surface area contributed by atoms with Gasteiger partial charge in [-0.25, -0.2) is 0 Å². The van der Waals surface area contributed by atoms with Gasteiger partial charge in [-0.3, -0.25) is 14.5 Å². The third-order valence-electron chi connectivity index (χ3n) is 5.89. The van der Waals surface area contributed by atoms with Crippen molar-refractivity contribution in [2.75, 3.05) is 4.90 Å². The largest absolute Gasteiger partial charge is 0.453 e. The maximum absolute atomic E-state index is 12.8. The molecule has 0 N–H and O–H groups in total. The Morgan fingerprint density at radius 3 is 1.81 bits per heavy atom. The van der Waals surface area contributed by atoms with Crippen molar-refractivity contribution in [1.82, 2.24) is 0 Å². The first-order chi connectivity index (χ1) is 15.7. The molecule has 0 unspecified atom stereocenters. The molecule has 0 atom stereocenters. The molecule has 0 radical (unpaired) electrons. The molecular formula is C26H13NO4S. The lowest BCUT2D eigenvalue weighted by atomic mass is 10.0. The Morgan fingerprint density at radius 2 is 1.25 bits per heavy atom. The first-order valence-corrected chi connectivity index (χ1v) is 11.0. The van der Waals surface area contributed by atoms with Gasteiger partial charge in [0.05, 0.1) is 16.9 Å². The Morgan fingerprint density at radius 1 is 0.719 bits per heavy atom. The highest BCUT2D eigenvalue weighted by Crippen LogP contribution is 2.59. The first-order valence-electron chi connectivity index (χ1n) is 10.1. The van der Waals surface area contributed by atoms with Crippen LogP contribution in [0.1, 0.15) is 26.3 Å². The van der Waals surface area contributed by atoms with Crippen LogP contribution in [0.5, 0.6) is 23.0 Å². The molecule has 3 heterocycles. The lowest BCUT2D eigenvalue weighted by Crippen LogP contribution is -2.20. The van der Waals surface area contributed by atoms with Crippen LogP contribution in [-0.4, -0.2) is 11.6 Å². The molecule has 0 saturated carbocycles. The second kappa shape index (κ2) is 6.18. The van der Waals surface area contributed by atoms with Crippen molar-refractivity contribution in [2.24, 2.45) is 0 Å². The fourth-order valence-corrected chi connectivity index (χ4v) is 5.27. The van der Waals surface area contributed by atoms with Crippen molar-refractivity contribution in [3.05, 3.63) is 93.7 Å². The number of hydrogen-bond donors (Lipinski definition) is 0. The molecular weight excluding hydrogens is 422 g/mol. The predicted octanol–water partition coefficient (Wildman–Crippen LogP) is 6.89. The van der Waals surface area contributed by atoms with Crippen molar-refractivity contribution in [2.45, 2.75) is 0 Å². The summed E-state index contributed by atoms with van der Waals surface area (Å²) < 4.78 is 12.5. The summed E-state index contributed by atoms with van der Waals surface area (Å²) in [7, 11) is 0. The normalized spacial score (nSPS) is 14.8. The zero-order valence-corrected chi connectivity index (χ0v) is 17.3. The van der Waals surface area contributed by atoms with Crippen LogP contribution in [-0.2, 0) is 0 Å². The van der Waals surface area contributed by atoms with Crippen LogP contribution in [0.25, 0.3) is 6.08 Å². The van der Waals surface area contributed by atoms with Gasteiger partial charge in [-0.05, 0) is 48.0 Å². The average molecular weight is 435 g/mol. The summed E-state index contributed by atoms with van der Waals surface area (Å²) in [5, 5.41) is 3.45. The Labute approximate surface area is 186 Å². The molecule has 6 heteroatoms. The summed E-state index contributed by atoms with van der Waals surface area (Å²) in [5.74, 6) is 2.18. The van der Waals surface area contributed by atoms with E-state index in [1.54, 1.807) is 16.8 Å². The molecule has 0 fully saturated rings. The average Bonchev–Trinajstić information content (AvgIpc) is 3.38. The molecule has 4 aromatic rings. The van der Waals surface area contributed by atoms with Crippen LogP contribution in [0.3, 0.4) is 0 Å². The van der Waals surface area contributed by atoms with Gasteiger partial charge in [-0.15, -0.1) is 0 Å². The maximum Gasteiger partial charge on any atom is 0.198 e. The van der Waals surface area contributed by atoms with Crippen molar-refractivity contribution in [3.8, 4) is 23.0 Å². The number of anilines is 3. The number of rotatable bonds is 1. The summed E-state index contributed by atoms with van der Waals surface area (Å²) in [4.78, 5) is 27.6. The molecule has 1 aromatic heterocycles. The number of nitrogens with zero attached hydrogens (tertiary/aromatic N) is 1. The molecule has 152 valence electrons. The number of para-hydroxylation sites is 4. The quantitative estimate of drug-likeness (QED) is 0.208. The number of allylic oxidation sites excluding steroid dienone is 1. The summed E-state index contributed by atoms with van der Waals surface area (Å²) in [6, 6.07) is 19.3. The van der Waals surface area contributed by atoms with Gasteiger partial charge in [0.15, 0.2) is 34.6 Å². The molecule has 0 amide bonds. The lowest BCUT2D eigenvalue weighted by molar-refractivity contribution is 0.0990. The van der Waals surface area contributed by atoms with Crippen LogP contribution in [0.15, 0.2) is 77.0 Å². The first kappa shape index (κ1) is 17.5. The monoisotopic (exact) mass is 435 g/mol. The molecule has 3 aromatic carbocycles. The van der Waals surface area contributed by atoms with Crippen molar-refractivity contribution in [1.29, 1.82) is 0 Å². The van der Waals surface area contributed by atoms with E-state index in [4.69, 9.17) is 9.47 Å². The molecule has 0 saturated heterocycles. The molecule has 5 nitrogen and oxygen atoms in total. The number of ketones is 2. The molecule has 3 aliphatic rings. The number of Topliss-reactive ketones (excluding diaryl/α,β-unsaturated/α-hetero) is 2. The number of carbonyl (C=O) groups is 2. The van der Waals surface area contributed by atoms with Crippen LogP contribution in [0.2, 0.25) is 0 Å². The molecule has 1 aliphatic carbocycles. The molecule has 0 bridgehead atoms. The molecule has 2 aliphatic heterocycles. The standard InChI is InChI=1S/C26H13NO4S/c28-25-15(26(29)17-13-32-12-16(17)25)9-14-10-22-24-23(11-14)31-21-8-4-2-6-19(21)27(24)18-5-1-3-7-20(18)30-22/h1-13H. The van der Waals surface area contributed by atoms with Gasteiger partial charge in [-0.1, -0.05) is 24.3 Å². The highest BCUT2D eigenvalue weighted by Gasteiger charge is 2.36. The second-order valence-corrected chi connectivity index (χ2v) is 8.50. The van der Waals surface area contributed by atoms with Crippen LogP contribution < -0.4 is 14.4 Å². The summed E-state index contributed by atoms with van der Waals surface area (Å²) in [5.41, 5.74) is 4.44. The minimum atomic E-state index is -0.239. The van der Waals surface area contributed by atoms with Gasteiger partial charge in [-0.2, -0.15) is 11.3 Å². The predicted molar refractivity (Wildman–Crippen MR) is 122 cm³/mol. The third-order valence-corrected chi connectivity index (χ3v) is 6.63. The van der Waals surface area contributed by atoms with E-state index in [1.807, 2.05) is 60.7 Å². The lowest BCUT2D eigenvalue weighted by Gasteiger charge is -2.37. The van der Waals surface area contributed by atoms with Crippen molar-refractivity contribution >= 4 is 46.0 Å². The summed E-state index contributed by atoms with van der Waals surface area (Å²) in [6.07, 6.45) is 1.63. The van der Waals surface area contributed by atoms with Gasteiger partial charge in [0.25, 0.3) is 0 Å². The highest BCUT2D eigenvalue weighted by atomic mass is 32.1. The number of ether oxygens (including phenoxy) is 2. The maximum atomic E-state index is 12.8. The minimum Gasteiger partial charge on any atom is -0.453 e. The Kier molecular flexibility index (Phi) is 3.38. The van der Waals surface area contributed by atoms with E-state index in [-0.39, 0.29) is 17.1 Å². The Balaban J connectivity index is 1.42. The fraction of sp³-hybridized carbons (Fsp3) is 0. The zero-order chi connectivity index (χ0) is 21.4. The van der Waals surface area contributed by atoms with Crippen LogP contribution in [0, 0.1) is 0 Å². The highest BCUT2D eigenvalue weighted by molar-refractivity contribution is 7.08. The van der Waals surface area contributed by atoms with Crippen molar-refractivity contribution < 1.29 is 19.1 Å². The number of hydrogen-bond acceptors (Lipinski definition) is 6. The van der Waals surface area contributed by atoms with Crippen LogP contribution in [0.4, 0.5) is 17.1 Å². The SMILES string of the molecule is O=C1C(=Cc2cc3c4c(c2)Oc2ccccc2N4c2ccccc2O3)C(=O)c2cscc21. The number of benzene rings is 3. The molecule has 0 spiro atoms. The van der Waals surface area contributed by atoms with E-state index in [9.17, 15) is 9.59 Å².